The van der Waals surface area contributed by atoms with E-state index in [1.165, 1.54) is 0 Å². The van der Waals surface area contributed by atoms with Gasteiger partial charge in [0.05, 0.1) is 18.5 Å². The van der Waals surface area contributed by atoms with Crippen LogP contribution in [0.1, 0.15) is 13.3 Å². The summed E-state index contributed by atoms with van der Waals surface area (Å²) in [6.07, 6.45) is 2.77. The van der Waals surface area contributed by atoms with Gasteiger partial charge < -0.3 is 14.8 Å². The Kier molecular flexibility index (Phi) is 5.55. The lowest BCUT2D eigenvalue weighted by Gasteiger charge is -2.06. The number of aromatic nitrogens is 1. The molecule has 4 nitrogen and oxygen atoms in total. The van der Waals surface area contributed by atoms with Crippen LogP contribution in [0.25, 0.3) is 0 Å². The van der Waals surface area contributed by atoms with Crippen LogP contribution in [0.15, 0.2) is 18.3 Å². The van der Waals surface area contributed by atoms with Gasteiger partial charge >= 0.3 is 0 Å². The van der Waals surface area contributed by atoms with Crippen molar-refractivity contribution in [3.8, 4) is 5.88 Å². The smallest absolute Gasteiger partial charge is 0.213 e. The van der Waals surface area contributed by atoms with Crippen molar-refractivity contribution in [3.63, 3.8) is 0 Å². The molecular formula is C11H18N2O2. The van der Waals surface area contributed by atoms with E-state index in [-0.39, 0.29) is 0 Å². The van der Waals surface area contributed by atoms with E-state index in [9.17, 15) is 0 Å². The van der Waals surface area contributed by atoms with Crippen LogP contribution >= 0.6 is 0 Å². The molecule has 1 aromatic heterocycles. The van der Waals surface area contributed by atoms with Crippen molar-refractivity contribution in [2.75, 3.05) is 32.2 Å². The molecule has 0 radical (unpaired) electrons. The molecule has 0 saturated carbocycles. The van der Waals surface area contributed by atoms with E-state index in [4.69, 9.17) is 9.47 Å². The van der Waals surface area contributed by atoms with Crippen molar-refractivity contribution in [1.29, 1.82) is 0 Å². The van der Waals surface area contributed by atoms with Gasteiger partial charge in [-0.25, -0.2) is 4.98 Å². The fourth-order valence-corrected chi connectivity index (χ4v) is 1.17. The number of nitrogens with zero attached hydrogens (tertiary/aromatic N) is 1. The number of hydrogen-bond donors (Lipinski definition) is 1. The number of nitrogens with one attached hydrogen (secondary N) is 1. The Labute approximate surface area is 90.6 Å². The molecule has 1 rings (SSSR count). The van der Waals surface area contributed by atoms with Crippen LogP contribution in [0.4, 0.5) is 5.69 Å². The summed E-state index contributed by atoms with van der Waals surface area (Å²) in [5.74, 6) is 0.667. The molecule has 0 aromatic carbocycles. The molecule has 0 unspecified atom stereocenters. The first-order chi connectivity index (χ1) is 7.36. The fourth-order valence-electron chi connectivity index (χ4n) is 1.17. The number of hydrogen-bond acceptors (Lipinski definition) is 4. The van der Waals surface area contributed by atoms with Crippen molar-refractivity contribution < 1.29 is 9.47 Å². The van der Waals surface area contributed by atoms with E-state index in [0.29, 0.717) is 12.5 Å². The minimum Gasteiger partial charge on any atom is -0.478 e. The molecule has 1 aromatic rings. The van der Waals surface area contributed by atoms with Gasteiger partial charge in [0.15, 0.2) is 0 Å². The maximum atomic E-state index is 5.24. The van der Waals surface area contributed by atoms with Crippen LogP contribution in [0.3, 0.4) is 0 Å². The van der Waals surface area contributed by atoms with Crippen LogP contribution in [0.5, 0.6) is 5.88 Å². The Hall–Kier alpha value is -1.29. The highest BCUT2D eigenvalue weighted by Gasteiger charge is 1.95. The minimum atomic E-state index is 0.646. The number of ether oxygens (including phenoxy) is 2. The number of anilines is 1. The molecule has 15 heavy (non-hydrogen) atoms. The molecule has 0 aliphatic carbocycles. The molecular weight excluding hydrogens is 192 g/mol. The Bertz CT molecular complexity index is 262. The Morgan fingerprint density at radius 2 is 2.27 bits per heavy atom. The monoisotopic (exact) mass is 210 g/mol. The summed E-state index contributed by atoms with van der Waals surface area (Å²) in [6.45, 7) is 4.26. The van der Waals surface area contributed by atoms with Crippen molar-refractivity contribution in [2.45, 2.75) is 13.3 Å². The quantitative estimate of drug-likeness (QED) is 0.698. The lowest BCUT2D eigenvalue weighted by Crippen LogP contribution is -2.05. The second-order valence-electron chi connectivity index (χ2n) is 3.09. The maximum Gasteiger partial charge on any atom is 0.213 e. The van der Waals surface area contributed by atoms with Crippen LogP contribution in [0.2, 0.25) is 0 Å². The molecule has 0 aliphatic rings. The van der Waals surface area contributed by atoms with Gasteiger partial charge in [-0.3, -0.25) is 0 Å². The average Bonchev–Trinajstić information content (AvgIpc) is 2.27. The van der Waals surface area contributed by atoms with E-state index < -0.39 is 0 Å². The highest BCUT2D eigenvalue weighted by atomic mass is 16.5. The van der Waals surface area contributed by atoms with Crippen LogP contribution in [0, 0.1) is 0 Å². The second kappa shape index (κ2) is 7.06. The first-order valence-electron chi connectivity index (χ1n) is 5.18. The normalized spacial score (nSPS) is 10.0. The van der Waals surface area contributed by atoms with Gasteiger partial charge in [-0.1, -0.05) is 0 Å². The highest BCUT2D eigenvalue weighted by Crippen LogP contribution is 2.11. The molecule has 1 N–H and O–H groups in total. The molecule has 0 bridgehead atoms. The van der Waals surface area contributed by atoms with E-state index in [0.717, 1.165) is 25.3 Å². The molecule has 0 saturated heterocycles. The zero-order valence-electron chi connectivity index (χ0n) is 9.32. The maximum absolute atomic E-state index is 5.24. The summed E-state index contributed by atoms with van der Waals surface area (Å²) < 4.78 is 10.2. The molecule has 1 heterocycles. The topological polar surface area (TPSA) is 43.4 Å². The van der Waals surface area contributed by atoms with E-state index in [1.807, 2.05) is 19.1 Å². The summed E-state index contributed by atoms with van der Waals surface area (Å²) in [5.41, 5.74) is 1.01. The van der Waals surface area contributed by atoms with Crippen LogP contribution in [-0.4, -0.2) is 31.9 Å². The highest BCUT2D eigenvalue weighted by molar-refractivity contribution is 5.41. The standard InChI is InChI=1S/C11H18N2O2/c1-3-15-11-6-5-10(9-13-11)12-7-4-8-14-2/h5-6,9,12H,3-4,7-8H2,1-2H3. The Morgan fingerprint density at radius 3 is 2.87 bits per heavy atom. The molecule has 0 amide bonds. The SMILES string of the molecule is CCOc1ccc(NCCCOC)cn1. The van der Waals surface area contributed by atoms with Gasteiger partial charge in [-0.2, -0.15) is 0 Å². The fraction of sp³-hybridized carbons (Fsp3) is 0.545. The van der Waals surface area contributed by atoms with E-state index in [2.05, 4.69) is 10.3 Å². The number of methoxy groups -OCH3 is 1. The average molecular weight is 210 g/mol. The molecule has 0 spiro atoms. The first-order valence-corrected chi connectivity index (χ1v) is 5.18. The predicted molar refractivity (Wildman–Crippen MR) is 60.4 cm³/mol. The summed E-state index contributed by atoms with van der Waals surface area (Å²) in [6, 6.07) is 3.83. The zero-order valence-corrected chi connectivity index (χ0v) is 9.32. The first kappa shape index (κ1) is 11.8. The van der Waals surface area contributed by atoms with Gasteiger partial charge in [0.1, 0.15) is 0 Å². The zero-order chi connectivity index (χ0) is 10.9. The largest absolute Gasteiger partial charge is 0.478 e. The lowest BCUT2D eigenvalue weighted by molar-refractivity contribution is 0.198. The minimum absolute atomic E-state index is 0.646. The molecule has 4 heteroatoms. The third kappa shape index (κ3) is 4.65. The molecule has 0 atom stereocenters. The van der Waals surface area contributed by atoms with Crippen molar-refractivity contribution in [3.05, 3.63) is 18.3 Å². The van der Waals surface area contributed by atoms with Crippen LogP contribution < -0.4 is 10.1 Å². The summed E-state index contributed by atoms with van der Waals surface area (Å²) in [5, 5.41) is 3.25. The summed E-state index contributed by atoms with van der Waals surface area (Å²) in [7, 11) is 1.71. The molecule has 0 aliphatic heterocycles. The predicted octanol–water partition coefficient (Wildman–Crippen LogP) is 1.93. The van der Waals surface area contributed by atoms with E-state index >= 15 is 0 Å². The lowest BCUT2D eigenvalue weighted by atomic mass is 10.4. The van der Waals surface area contributed by atoms with Crippen molar-refractivity contribution >= 4 is 5.69 Å². The third-order valence-corrected chi connectivity index (χ3v) is 1.88. The van der Waals surface area contributed by atoms with Gasteiger partial charge in [0.2, 0.25) is 5.88 Å². The Morgan fingerprint density at radius 1 is 1.40 bits per heavy atom. The van der Waals surface area contributed by atoms with Gasteiger partial charge in [0.25, 0.3) is 0 Å². The van der Waals surface area contributed by atoms with E-state index in [1.54, 1.807) is 13.3 Å². The van der Waals surface area contributed by atoms with Crippen molar-refractivity contribution in [2.24, 2.45) is 0 Å². The third-order valence-electron chi connectivity index (χ3n) is 1.88. The van der Waals surface area contributed by atoms with Gasteiger partial charge in [-0.15, -0.1) is 0 Å². The number of rotatable bonds is 7. The summed E-state index contributed by atoms with van der Waals surface area (Å²) in [4.78, 5) is 4.15. The Balaban J connectivity index is 2.29. The number of pyridine rings is 1. The van der Waals surface area contributed by atoms with Crippen LogP contribution in [-0.2, 0) is 4.74 Å². The summed E-state index contributed by atoms with van der Waals surface area (Å²) >= 11 is 0. The van der Waals surface area contributed by atoms with Gasteiger partial charge in [-0.05, 0) is 19.4 Å². The van der Waals surface area contributed by atoms with Gasteiger partial charge in [0, 0.05) is 26.3 Å². The second-order valence-corrected chi connectivity index (χ2v) is 3.09. The van der Waals surface area contributed by atoms with Crippen molar-refractivity contribution in [1.82, 2.24) is 4.98 Å². The molecule has 0 fully saturated rings. The molecule has 84 valence electrons.